The average molecular weight is 304 g/mol. The summed E-state index contributed by atoms with van der Waals surface area (Å²) in [5.74, 6) is 0.952. The van der Waals surface area contributed by atoms with Gasteiger partial charge in [-0.3, -0.25) is 5.21 Å². The van der Waals surface area contributed by atoms with Gasteiger partial charge in [0.1, 0.15) is 5.82 Å². The van der Waals surface area contributed by atoms with Crippen molar-refractivity contribution in [2.24, 2.45) is 5.73 Å². The number of carbonyl (C=O) groups excluding carboxylic acids is 1. The van der Waals surface area contributed by atoms with Gasteiger partial charge < -0.3 is 10.7 Å². The van der Waals surface area contributed by atoms with Crippen LogP contribution in [0.2, 0.25) is 0 Å². The van der Waals surface area contributed by atoms with E-state index in [1.54, 1.807) is 17.5 Å². The molecule has 0 unspecified atom stereocenters. The van der Waals surface area contributed by atoms with E-state index in [0.717, 1.165) is 30.7 Å². The molecule has 4 N–H and O–H groups in total. The first-order valence-corrected chi connectivity index (χ1v) is 7.48. The normalized spacial score (nSPS) is 13.7. The molecule has 0 spiro atoms. The molecule has 3 rings (SSSR count). The summed E-state index contributed by atoms with van der Waals surface area (Å²) >= 11 is 1.72. The first kappa shape index (κ1) is 13.8. The Morgan fingerprint density at radius 2 is 2.38 bits per heavy atom. The van der Waals surface area contributed by atoms with Gasteiger partial charge in [0.2, 0.25) is 0 Å². The second-order valence-electron chi connectivity index (χ2n) is 5.01. The fraction of sp³-hybridized carbons (Fsp3) is 0.286. The number of hydroxylamine groups is 2. The van der Waals surface area contributed by atoms with Crippen LogP contribution in [0.25, 0.3) is 6.08 Å². The van der Waals surface area contributed by atoms with E-state index in [-0.39, 0.29) is 6.54 Å². The number of aromatic nitrogens is 2. The van der Waals surface area contributed by atoms with Crippen molar-refractivity contribution in [2.75, 3.05) is 6.54 Å². The topological polar surface area (TPSA) is 95.2 Å². The number of carbonyl (C=O) groups is 1. The number of primary amides is 1. The molecule has 2 heterocycles. The number of hydrogen-bond acceptors (Lipinski definition) is 4. The molecule has 2 aromatic heterocycles. The zero-order valence-corrected chi connectivity index (χ0v) is 12.2. The van der Waals surface area contributed by atoms with E-state index in [9.17, 15) is 10.0 Å². The van der Waals surface area contributed by atoms with Crippen LogP contribution in [0.4, 0.5) is 4.79 Å². The van der Waals surface area contributed by atoms with Crippen LogP contribution in [0.1, 0.15) is 27.6 Å². The molecule has 0 saturated carbocycles. The summed E-state index contributed by atoms with van der Waals surface area (Å²) in [6.07, 6.45) is 8.15. The number of nitrogens with one attached hydrogen (secondary N) is 1. The van der Waals surface area contributed by atoms with E-state index in [1.165, 1.54) is 15.3 Å². The number of aromatic amines is 1. The quantitative estimate of drug-likeness (QED) is 0.596. The zero-order valence-electron chi connectivity index (χ0n) is 11.4. The number of H-pyrrole nitrogens is 1. The fourth-order valence-electron chi connectivity index (χ4n) is 2.41. The molecule has 7 heteroatoms. The molecule has 0 atom stereocenters. The van der Waals surface area contributed by atoms with Gasteiger partial charge in [-0.1, -0.05) is 0 Å². The maximum absolute atomic E-state index is 10.9. The Hall–Kier alpha value is -2.12. The molecule has 1 aliphatic carbocycles. The van der Waals surface area contributed by atoms with Crippen molar-refractivity contribution >= 4 is 23.4 Å². The highest BCUT2D eigenvalue weighted by Crippen LogP contribution is 2.32. The number of aryl methyl sites for hydroxylation is 1. The zero-order chi connectivity index (χ0) is 14.8. The molecular formula is C14H16N4O2S. The van der Waals surface area contributed by atoms with Crippen LogP contribution in [0.15, 0.2) is 24.0 Å². The molecular weight excluding hydrogens is 288 g/mol. The maximum atomic E-state index is 10.9. The van der Waals surface area contributed by atoms with Crippen LogP contribution in [-0.2, 0) is 12.8 Å². The van der Waals surface area contributed by atoms with Crippen molar-refractivity contribution in [1.29, 1.82) is 0 Å². The number of urea groups is 1. The van der Waals surface area contributed by atoms with Crippen molar-refractivity contribution in [1.82, 2.24) is 15.0 Å². The van der Waals surface area contributed by atoms with Gasteiger partial charge >= 0.3 is 6.03 Å². The number of imidazole rings is 1. The standard InChI is InChI=1S/C14H16N4O2S/c15-14(19)18(20)8-9-1-2-10-6-11(21-12(10)5-9)7-13-16-3-4-17-13/h3-6,20H,1-2,7-8H2,(H2,15,19)(H,16,17). The SMILES string of the molecule is NC(=O)N(O)CC1=Cc2sc(Cc3ncc[nH]3)cc2CC1. The lowest BCUT2D eigenvalue weighted by molar-refractivity contribution is -0.0313. The molecule has 0 aromatic carbocycles. The lowest BCUT2D eigenvalue weighted by Crippen LogP contribution is -2.34. The van der Waals surface area contributed by atoms with Crippen molar-refractivity contribution in [2.45, 2.75) is 19.3 Å². The number of hydrogen-bond donors (Lipinski definition) is 3. The Morgan fingerprint density at radius 1 is 1.52 bits per heavy atom. The third-order valence-corrected chi connectivity index (χ3v) is 4.57. The number of rotatable bonds is 4. The minimum Gasteiger partial charge on any atom is -0.350 e. The fourth-order valence-corrected chi connectivity index (χ4v) is 3.62. The third-order valence-electron chi connectivity index (χ3n) is 3.45. The van der Waals surface area contributed by atoms with Gasteiger partial charge in [-0.25, -0.2) is 14.8 Å². The summed E-state index contributed by atoms with van der Waals surface area (Å²) in [4.78, 5) is 20.6. The molecule has 2 amide bonds. The third kappa shape index (κ3) is 3.14. The summed E-state index contributed by atoms with van der Waals surface area (Å²) in [6.45, 7) is 0.167. The smallest absolute Gasteiger partial charge is 0.338 e. The Morgan fingerprint density at radius 3 is 3.10 bits per heavy atom. The predicted octanol–water partition coefficient (Wildman–Crippen LogP) is 2.16. The Kier molecular flexibility index (Phi) is 3.76. The van der Waals surface area contributed by atoms with Crippen molar-refractivity contribution in [3.8, 4) is 0 Å². The molecule has 0 fully saturated rings. The van der Waals surface area contributed by atoms with Gasteiger partial charge in [0, 0.05) is 28.6 Å². The van der Waals surface area contributed by atoms with Gasteiger partial charge in [-0.2, -0.15) is 0 Å². The summed E-state index contributed by atoms with van der Waals surface area (Å²) in [5.41, 5.74) is 7.35. The summed E-state index contributed by atoms with van der Waals surface area (Å²) in [7, 11) is 0. The van der Waals surface area contributed by atoms with E-state index in [1.807, 2.05) is 12.3 Å². The van der Waals surface area contributed by atoms with Crippen LogP contribution in [0, 0.1) is 0 Å². The lowest BCUT2D eigenvalue weighted by Gasteiger charge is -2.17. The largest absolute Gasteiger partial charge is 0.350 e. The number of thiophene rings is 1. The molecule has 1 aliphatic rings. The summed E-state index contributed by atoms with van der Waals surface area (Å²) in [5, 5.41) is 9.96. The van der Waals surface area contributed by atoms with Gasteiger partial charge in [-0.15, -0.1) is 11.3 Å². The van der Waals surface area contributed by atoms with E-state index >= 15 is 0 Å². The van der Waals surface area contributed by atoms with Crippen LogP contribution in [0.3, 0.4) is 0 Å². The number of nitrogens with two attached hydrogens (primary N) is 1. The number of fused-ring (bicyclic) bond motifs is 1. The van der Waals surface area contributed by atoms with Crippen molar-refractivity contribution < 1.29 is 10.0 Å². The second kappa shape index (κ2) is 5.71. The summed E-state index contributed by atoms with van der Waals surface area (Å²) < 4.78 is 0. The van der Waals surface area contributed by atoms with E-state index < -0.39 is 6.03 Å². The lowest BCUT2D eigenvalue weighted by atomic mass is 9.98. The molecule has 21 heavy (non-hydrogen) atoms. The number of nitrogens with zero attached hydrogens (tertiary/aromatic N) is 2. The second-order valence-corrected chi connectivity index (χ2v) is 6.18. The summed E-state index contributed by atoms with van der Waals surface area (Å²) in [6, 6.07) is 1.38. The predicted molar refractivity (Wildman–Crippen MR) is 80.1 cm³/mol. The monoisotopic (exact) mass is 304 g/mol. The van der Waals surface area contributed by atoms with Crippen LogP contribution in [-0.4, -0.2) is 32.8 Å². The van der Waals surface area contributed by atoms with Crippen LogP contribution < -0.4 is 5.73 Å². The van der Waals surface area contributed by atoms with Gasteiger partial charge in [0.05, 0.1) is 6.54 Å². The van der Waals surface area contributed by atoms with Crippen LogP contribution >= 0.6 is 11.3 Å². The molecule has 2 aromatic rings. The average Bonchev–Trinajstić information content (AvgIpc) is 3.07. The van der Waals surface area contributed by atoms with Gasteiger partial charge in [0.15, 0.2) is 0 Å². The molecule has 110 valence electrons. The first-order chi connectivity index (χ1) is 10.1. The minimum atomic E-state index is -0.827. The molecule has 6 nitrogen and oxygen atoms in total. The highest BCUT2D eigenvalue weighted by Gasteiger charge is 2.17. The van der Waals surface area contributed by atoms with Gasteiger partial charge in [-0.05, 0) is 36.1 Å². The maximum Gasteiger partial charge on any atom is 0.338 e. The van der Waals surface area contributed by atoms with Crippen LogP contribution in [0.5, 0.6) is 0 Å². The van der Waals surface area contributed by atoms with Gasteiger partial charge in [0.25, 0.3) is 0 Å². The Bertz CT molecular complexity index is 675. The first-order valence-electron chi connectivity index (χ1n) is 6.67. The molecule has 0 aliphatic heterocycles. The number of amides is 2. The van der Waals surface area contributed by atoms with Crippen molar-refractivity contribution in [3.05, 3.63) is 45.2 Å². The Labute approximate surface area is 125 Å². The molecule has 0 saturated heterocycles. The highest BCUT2D eigenvalue weighted by atomic mass is 32.1. The van der Waals surface area contributed by atoms with E-state index in [2.05, 4.69) is 16.0 Å². The van der Waals surface area contributed by atoms with Crippen molar-refractivity contribution in [3.63, 3.8) is 0 Å². The minimum absolute atomic E-state index is 0.167. The highest BCUT2D eigenvalue weighted by molar-refractivity contribution is 7.13. The molecule has 0 radical (unpaired) electrons. The van der Waals surface area contributed by atoms with E-state index in [0.29, 0.717) is 5.06 Å². The Balaban J connectivity index is 1.75. The molecule has 0 bridgehead atoms. The van der Waals surface area contributed by atoms with E-state index in [4.69, 9.17) is 5.73 Å².